The summed E-state index contributed by atoms with van der Waals surface area (Å²) in [7, 11) is -3.81. The smallest absolute Gasteiger partial charge is 0.260 e. The van der Waals surface area contributed by atoms with Gasteiger partial charge in [0.25, 0.3) is 5.91 Å². The minimum atomic E-state index is -3.81. The highest BCUT2D eigenvalue weighted by Gasteiger charge is 2.24. The lowest BCUT2D eigenvalue weighted by Crippen LogP contribution is -2.49. The molecule has 0 spiro atoms. The third kappa shape index (κ3) is 6.65. The molecule has 39 heavy (non-hydrogen) atoms. The summed E-state index contributed by atoms with van der Waals surface area (Å²) in [6, 6.07) is 19.0. The number of amides is 1. The number of fused-ring (bicyclic) bond motifs is 1. The van der Waals surface area contributed by atoms with Gasteiger partial charge < -0.3 is 19.1 Å². The molecule has 0 bridgehead atoms. The number of halogens is 1. The topological polar surface area (TPSA) is 97.4 Å². The third-order valence-electron chi connectivity index (χ3n) is 6.76. The molecule has 3 aromatic carbocycles. The Labute approximate surface area is 233 Å². The van der Waals surface area contributed by atoms with E-state index >= 15 is 0 Å². The predicted octanol–water partition coefficient (Wildman–Crippen LogP) is 3.83. The van der Waals surface area contributed by atoms with Gasteiger partial charge in [-0.05, 0) is 48.4 Å². The van der Waals surface area contributed by atoms with Crippen LogP contribution in [-0.4, -0.2) is 63.7 Å². The van der Waals surface area contributed by atoms with Gasteiger partial charge in [-0.15, -0.1) is 0 Å². The molecule has 0 aliphatic carbocycles. The van der Waals surface area contributed by atoms with Crippen LogP contribution in [-0.2, 0) is 21.4 Å². The molecule has 206 valence electrons. The second-order valence-corrected chi connectivity index (χ2v) is 11.6. The zero-order valence-corrected chi connectivity index (χ0v) is 23.1. The van der Waals surface area contributed by atoms with E-state index in [4.69, 9.17) is 25.8 Å². The van der Waals surface area contributed by atoms with E-state index in [0.29, 0.717) is 13.1 Å². The summed E-state index contributed by atoms with van der Waals surface area (Å²) in [5, 5.41) is 0.117. The first kappa shape index (κ1) is 27.3. The number of carbonyl (C=O) groups is 1. The fraction of sp³-hybridized carbons (Fsp3) is 0.321. The van der Waals surface area contributed by atoms with Crippen LogP contribution in [0.5, 0.6) is 17.2 Å². The molecule has 9 nitrogen and oxygen atoms in total. The molecule has 11 heteroatoms. The molecule has 1 N–H and O–H groups in total. The van der Waals surface area contributed by atoms with Crippen molar-refractivity contribution < 1.29 is 27.4 Å². The molecule has 1 saturated heterocycles. The van der Waals surface area contributed by atoms with Gasteiger partial charge in [0.05, 0.1) is 9.92 Å². The Balaban J connectivity index is 1.10. The van der Waals surface area contributed by atoms with Gasteiger partial charge >= 0.3 is 0 Å². The molecule has 1 fully saturated rings. The minimum Gasteiger partial charge on any atom is -0.482 e. The van der Waals surface area contributed by atoms with Crippen LogP contribution >= 0.6 is 11.6 Å². The van der Waals surface area contributed by atoms with Gasteiger partial charge in [-0.2, -0.15) is 0 Å². The lowest BCUT2D eigenvalue weighted by atomic mass is 10.1. The van der Waals surface area contributed by atoms with Crippen LogP contribution in [0.4, 0.5) is 0 Å². The van der Waals surface area contributed by atoms with E-state index in [9.17, 15) is 13.2 Å². The van der Waals surface area contributed by atoms with Crippen LogP contribution < -0.4 is 18.9 Å². The summed E-state index contributed by atoms with van der Waals surface area (Å²) in [6.07, 6.45) is 0. The zero-order valence-electron chi connectivity index (χ0n) is 21.5. The van der Waals surface area contributed by atoms with Crippen LogP contribution in [0.2, 0.25) is 5.02 Å². The number of nitrogens with one attached hydrogen (secondary N) is 1. The normalized spacial score (nSPS) is 16.2. The standard InChI is InChI=1S/C28H30ClN3O6S/c1-20(22-5-3-2-4-6-22)30-39(34,35)23-8-10-25(24(29)16-23)36-18-28(33)32-13-11-31(12-14-32)17-21-7-9-26-27(15-21)38-19-37-26/h2-10,15-16,20,30H,11-14,17-19H2,1H3/t20-/m0/s1. The summed E-state index contributed by atoms with van der Waals surface area (Å²) < 4.78 is 44.8. The average Bonchev–Trinajstić information content (AvgIpc) is 3.41. The number of sulfonamides is 1. The van der Waals surface area contributed by atoms with E-state index in [0.717, 1.165) is 42.3 Å². The minimum absolute atomic E-state index is 0.0209. The van der Waals surface area contributed by atoms with Gasteiger partial charge in [-0.1, -0.05) is 48.0 Å². The lowest BCUT2D eigenvalue weighted by Gasteiger charge is -2.34. The maximum Gasteiger partial charge on any atom is 0.260 e. The Bertz CT molecular complexity index is 1430. The van der Waals surface area contributed by atoms with Crippen LogP contribution in [0.3, 0.4) is 0 Å². The maximum atomic E-state index is 12.9. The van der Waals surface area contributed by atoms with Crippen molar-refractivity contribution in [3.63, 3.8) is 0 Å². The molecule has 2 heterocycles. The van der Waals surface area contributed by atoms with E-state index in [2.05, 4.69) is 9.62 Å². The number of hydrogen-bond donors (Lipinski definition) is 1. The molecular formula is C28H30ClN3O6S. The Morgan fingerprint density at radius 1 is 1.00 bits per heavy atom. The zero-order chi connectivity index (χ0) is 27.4. The molecule has 0 aromatic heterocycles. The maximum absolute atomic E-state index is 12.9. The quantitative estimate of drug-likeness (QED) is 0.417. The number of hydrogen-bond acceptors (Lipinski definition) is 7. The number of carbonyl (C=O) groups excluding carboxylic acids is 1. The van der Waals surface area contributed by atoms with Crippen LogP contribution in [0.1, 0.15) is 24.1 Å². The fourth-order valence-electron chi connectivity index (χ4n) is 4.56. The molecule has 0 saturated carbocycles. The number of benzene rings is 3. The van der Waals surface area contributed by atoms with Gasteiger partial charge in [0.15, 0.2) is 18.1 Å². The van der Waals surface area contributed by atoms with E-state index in [-0.39, 0.29) is 35.0 Å². The van der Waals surface area contributed by atoms with Crippen molar-refractivity contribution in [2.45, 2.75) is 24.4 Å². The number of ether oxygens (including phenoxy) is 3. The van der Waals surface area contributed by atoms with Gasteiger partial charge in [-0.3, -0.25) is 9.69 Å². The summed E-state index contributed by atoms with van der Waals surface area (Å²) in [5.74, 6) is 1.63. The van der Waals surface area contributed by atoms with E-state index < -0.39 is 16.1 Å². The predicted molar refractivity (Wildman–Crippen MR) is 147 cm³/mol. The van der Waals surface area contributed by atoms with E-state index in [1.807, 2.05) is 48.5 Å². The van der Waals surface area contributed by atoms with Crippen LogP contribution in [0.25, 0.3) is 0 Å². The Kier molecular flexibility index (Phi) is 8.27. The highest BCUT2D eigenvalue weighted by Crippen LogP contribution is 2.33. The molecule has 2 aliphatic heterocycles. The first-order valence-corrected chi connectivity index (χ1v) is 14.5. The molecule has 3 aromatic rings. The summed E-state index contributed by atoms with van der Waals surface area (Å²) >= 11 is 6.32. The number of piperazine rings is 1. The third-order valence-corrected chi connectivity index (χ3v) is 8.60. The second-order valence-electron chi connectivity index (χ2n) is 9.48. The first-order chi connectivity index (χ1) is 18.8. The molecular weight excluding hydrogens is 542 g/mol. The van der Waals surface area contributed by atoms with Crippen molar-refractivity contribution in [3.8, 4) is 17.2 Å². The monoisotopic (exact) mass is 571 g/mol. The summed E-state index contributed by atoms with van der Waals surface area (Å²) in [5.41, 5.74) is 1.98. The highest BCUT2D eigenvalue weighted by atomic mass is 35.5. The highest BCUT2D eigenvalue weighted by molar-refractivity contribution is 7.89. The van der Waals surface area contributed by atoms with E-state index in [1.54, 1.807) is 11.8 Å². The van der Waals surface area contributed by atoms with E-state index in [1.165, 1.54) is 18.2 Å². The molecule has 1 amide bonds. The summed E-state index contributed by atoms with van der Waals surface area (Å²) in [4.78, 5) is 16.8. The molecule has 1 atom stereocenters. The number of nitrogens with zero attached hydrogens (tertiary/aromatic N) is 2. The fourth-order valence-corrected chi connectivity index (χ4v) is 6.12. The first-order valence-electron chi connectivity index (χ1n) is 12.7. The molecule has 2 aliphatic rings. The molecule has 0 radical (unpaired) electrons. The molecule has 5 rings (SSSR count). The average molecular weight is 572 g/mol. The van der Waals surface area contributed by atoms with Gasteiger partial charge in [0, 0.05) is 38.8 Å². The van der Waals surface area contributed by atoms with Crippen molar-refractivity contribution in [2.75, 3.05) is 39.6 Å². The van der Waals surface area contributed by atoms with Crippen LogP contribution in [0, 0.1) is 0 Å². The Hall–Kier alpha value is -3.31. The Morgan fingerprint density at radius 2 is 1.74 bits per heavy atom. The van der Waals surface area contributed by atoms with Gasteiger partial charge in [0.2, 0.25) is 16.8 Å². The van der Waals surface area contributed by atoms with Crippen molar-refractivity contribution in [1.29, 1.82) is 0 Å². The van der Waals surface area contributed by atoms with Gasteiger partial charge in [0.1, 0.15) is 5.75 Å². The summed E-state index contributed by atoms with van der Waals surface area (Å²) in [6.45, 7) is 5.25. The van der Waals surface area contributed by atoms with Crippen molar-refractivity contribution >= 4 is 27.5 Å². The SMILES string of the molecule is C[C@H](NS(=O)(=O)c1ccc(OCC(=O)N2CCN(Cc3ccc4c(c3)OCO4)CC2)c(Cl)c1)c1ccccc1. The van der Waals surface area contributed by atoms with Crippen molar-refractivity contribution in [1.82, 2.24) is 14.5 Å². The Morgan fingerprint density at radius 3 is 2.49 bits per heavy atom. The number of rotatable bonds is 9. The van der Waals surface area contributed by atoms with Crippen molar-refractivity contribution in [3.05, 3.63) is 82.9 Å². The van der Waals surface area contributed by atoms with Gasteiger partial charge in [-0.25, -0.2) is 13.1 Å². The lowest BCUT2D eigenvalue weighted by molar-refractivity contribution is -0.135. The second kappa shape index (κ2) is 11.8. The molecule has 0 unspecified atom stereocenters. The van der Waals surface area contributed by atoms with Crippen molar-refractivity contribution in [2.24, 2.45) is 0 Å². The van der Waals surface area contributed by atoms with Crippen LogP contribution in [0.15, 0.2) is 71.6 Å². The largest absolute Gasteiger partial charge is 0.482 e.